The number of carbonyl (C=O) groups excluding carboxylic acids is 1. The second kappa shape index (κ2) is 6.36. The number of benzene rings is 1. The Labute approximate surface area is 113 Å². The molecule has 19 heavy (non-hydrogen) atoms. The van der Waals surface area contributed by atoms with E-state index in [-0.39, 0.29) is 12.5 Å². The van der Waals surface area contributed by atoms with E-state index in [0.29, 0.717) is 18.9 Å². The summed E-state index contributed by atoms with van der Waals surface area (Å²) in [7, 11) is 0. The van der Waals surface area contributed by atoms with Crippen LogP contribution in [0.4, 0.5) is 0 Å². The number of hydrogen-bond acceptors (Lipinski definition) is 2. The van der Waals surface area contributed by atoms with Gasteiger partial charge < -0.3 is 10.0 Å². The van der Waals surface area contributed by atoms with Crippen molar-refractivity contribution in [1.82, 2.24) is 4.90 Å². The maximum atomic E-state index is 12.1. The fraction of sp³-hybridized carbons (Fsp3) is 0.467. The average molecular weight is 261 g/mol. The summed E-state index contributed by atoms with van der Waals surface area (Å²) in [6.07, 6.45) is 3.87. The molecule has 0 bridgehead atoms. The summed E-state index contributed by atoms with van der Waals surface area (Å²) < 4.78 is 0. The third kappa shape index (κ3) is 4.09. The molecule has 0 spiro atoms. The molecule has 0 radical (unpaired) electrons. The molecule has 1 amide bonds. The van der Waals surface area contributed by atoms with Crippen LogP contribution in [0.3, 0.4) is 0 Å². The summed E-state index contributed by atoms with van der Waals surface area (Å²) in [5, 5.41) is 8.92. The Hall–Kier alpha value is -1.84. The van der Waals surface area contributed by atoms with Crippen molar-refractivity contribution in [3.8, 4) is 0 Å². The van der Waals surface area contributed by atoms with Gasteiger partial charge in [0.15, 0.2) is 0 Å². The fourth-order valence-electron chi connectivity index (χ4n) is 2.27. The van der Waals surface area contributed by atoms with Crippen LogP contribution < -0.4 is 0 Å². The molecule has 1 aliphatic rings. The normalized spacial score (nSPS) is 14.7. The Morgan fingerprint density at radius 2 is 1.89 bits per heavy atom. The number of carbonyl (C=O) groups is 2. The number of amides is 1. The average Bonchev–Trinajstić information content (AvgIpc) is 2.33. The zero-order chi connectivity index (χ0) is 13.7. The second-order valence-electron chi connectivity index (χ2n) is 5.13. The van der Waals surface area contributed by atoms with Crippen molar-refractivity contribution in [2.75, 3.05) is 6.54 Å². The van der Waals surface area contributed by atoms with Crippen molar-refractivity contribution in [3.63, 3.8) is 0 Å². The largest absolute Gasteiger partial charge is 0.480 e. The summed E-state index contributed by atoms with van der Waals surface area (Å²) in [5.74, 6) is -0.548. The molecule has 1 aromatic carbocycles. The van der Waals surface area contributed by atoms with E-state index in [1.807, 2.05) is 30.3 Å². The zero-order valence-corrected chi connectivity index (χ0v) is 10.9. The van der Waals surface area contributed by atoms with Gasteiger partial charge in [-0.1, -0.05) is 36.8 Å². The smallest absolute Gasteiger partial charge is 0.323 e. The third-order valence-corrected chi connectivity index (χ3v) is 3.58. The maximum Gasteiger partial charge on any atom is 0.323 e. The molecule has 4 nitrogen and oxygen atoms in total. The van der Waals surface area contributed by atoms with Crippen LogP contribution in [0, 0.1) is 5.92 Å². The van der Waals surface area contributed by atoms with Crippen LogP contribution in [0.15, 0.2) is 30.3 Å². The number of nitrogens with zero attached hydrogens (tertiary/aromatic N) is 1. The van der Waals surface area contributed by atoms with Gasteiger partial charge in [0.1, 0.15) is 6.54 Å². The van der Waals surface area contributed by atoms with Crippen LogP contribution in [0.5, 0.6) is 0 Å². The molecule has 2 rings (SSSR count). The molecule has 0 aliphatic heterocycles. The van der Waals surface area contributed by atoms with Crippen LogP contribution in [0.25, 0.3) is 0 Å². The van der Waals surface area contributed by atoms with Gasteiger partial charge in [-0.2, -0.15) is 0 Å². The first-order chi connectivity index (χ1) is 9.15. The van der Waals surface area contributed by atoms with Gasteiger partial charge >= 0.3 is 5.97 Å². The number of carboxylic acids is 1. The van der Waals surface area contributed by atoms with Crippen LogP contribution >= 0.6 is 0 Å². The van der Waals surface area contributed by atoms with E-state index in [9.17, 15) is 9.59 Å². The lowest BCUT2D eigenvalue weighted by Gasteiger charge is -2.28. The molecule has 0 aromatic heterocycles. The topological polar surface area (TPSA) is 57.6 Å². The molecule has 1 N–H and O–H groups in total. The monoisotopic (exact) mass is 261 g/mol. The summed E-state index contributed by atoms with van der Waals surface area (Å²) in [6, 6.07) is 9.51. The highest BCUT2D eigenvalue weighted by atomic mass is 16.4. The van der Waals surface area contributed by atoms with Gasteiger partial charge in [-0.15, -0.1) is 0 Å². The summed E-state index contributed by atoms with van der Waals surface area (Å²) >= 11 is 0. The number of aliphatic carboxylic acids is 1. The van der Waals surface area contributed by atoms with E-state index in [0.717, 1.165) is 18.4 Å². The van der Waals surface area contributed by atoms with Gasteiger partial charge in [-0.05, 0) is 24.3 Å². The molecule has 4 heteroatoms. The Balaban J connectivity index is 1.97. The van der Waals surface area contributed by atoms with Crippen molar-refractivity contribution >= 4 is 11.9 Å². The fourth-order valence-corrected chi connectivity index (χ4v) is 2.27. The van der Waals surface area contributed by atoms with E-state index in [1.165, 1.54) is 11.3 Å². The molecule has 1 aliphatic carbocycles. The zero-order valence-electron chi connectivity index (χ0n) is 10.9. The number of hydrogen-bond donors (Lipinski definition) is 1. The lowest BCUT2D eigenvalue weighted by atomic mass is 9.82. The highest BCUT2D eigenvalue weighted by molar-refractivity contribution is 5.81. The summed E-state index contributed by atoms with van der Waals surface area (Å²) in [4.78, 5) is 24.5. The van der Waals surface area contributed by atoms with Gasteiger partial charge in [-0.3, -0.25) is 9.59 Å². The Kier molecular flexibility index (Phi) is 4.55. The van der Waals surface area contributed by atoms with Gasteiger partial charge in [0.25, 0.3) is 0 Å². The second-order valence-corrected chi connectivity index (χ2v) is 5.13. The highest BCUT2D eigenvalue weighted by Gasteiger charge is 2.24. The lowest BCUT2D eigenvalue weighted by Crippen LogP contribution is -2.36. The van der Waals surface area contributed by atoms with Crippen molar-refractivity contribution < 1.29 is 14.7 Å². The minimum Gasteiger partial charge on any atom is -0.480 e. The first-order valence-electron chi connectivity index (χ1n) is 6.68. The van der Waals surface area contributed by atoms with Crippen LogP contribution in [-0.4, -0.2) is 28.4 Å². The molecular weight excluding hydrogens is 242 g/mol. The maximum absolute atomic E-state index is 12.1. The van der Waals surface area contributed by atoms with E-state index in [2.05, 4.69) is 0 Å². The van der Waals surface area contributed by atoms with Crippen LogP contribution in [-0.2, 0) is 16.1 Å². The molecule has 0 heterocycles. The number of carboxylic acid groups (broad SMARTS) is 1. The van der Waals surface area contributed by atoms with Crippen molar-refractivity contribution in [1.29, 1.82) is 0 Å². The minimum absolute atomic E-state index is 0.0454. The van der Waals surface area contributed by atoms with Crippen molar-refractivity contribution in [3.05, 3.63) is 35.9 Å². The molecule has 0 unspecified atom stereocenters. The van der Waals surface area contributed by atoms with E-state index in [4.69, 9.17) is 5.11 Å². The number of rotatable bonds is 6. The Morgan fingerprint density at radius 3 is 2.42 bits per heavy atom. The summed E-state index contributed by atoms with van der Waals surface area (Å²) in [5.41, 5.74) is 0.964. The van der Waals surface area contributed by atoms with Crippen molar-refractivity contribution in [2.45, 2.75) is 32.2 Å². The predicted molar refractivity (Wildman–Crippen MR) is 71.5 cm³/mol. The Bertz CT molecular complexity index is 440. The first kappa shape index (κ1) is 13.6. The molecule has 1 fully saturated rings. The third-order valence-electron chi connectivity index (χ3n) is 3.58. The SMILES string of the molecule is O=C(O)CN(Cc1ccccc1)C(=O)CC1CCC1. The predicted octanol–water partition coefficient (Wildman–Crippen LogP) is 2.29. The van der Waals surface area contributed by atoms with E-state index >= 15 is 0 Å². The summed E-state index contributed by atoms with van der Waals surface area (Å²) in [6.45, 7) is 0.152. The minimum atomic E-state index is -0.960. The molecule has 1 saturated carbocycles. The Morgan fingerprint density at radius 1 is 1.21 bits per heavy atom. The first-order valence-corrected chi connectivity index (χ1v) is 6.68. The quantitative estimate of drug-likeness (QED) is 0.854. The van der Waals surface area contributed by atoms with E-state index < -0.39 is 5.97 Å². The van der Waals surface area contributed by atoms with Gasteiger partial charge in [0.2, 0.25) is 5.91 Å². The molecular formula is C15H19NO3. The van der Waals surface area contributed by atoms with Gasteiger partial charge in [0.05, 0.1) is 0 Å². The van der Waals surface area contributed by atoms with Crippen LogP contribution in [0.1, 0.15) is 31.2 Å². The lowest BCUT2D eigenvalue weighted by molar-refractivity contribution is -0.145. The molecule has 0 atom stereocenters. The molecule has 0 saturated heterocycles. The van der Waals surface area contributed by atoms with Crippen LogP contribution in [0.2, 0.25) is 0 Å². The van der Waals surface area contributed by atoms with Crippen molar-refractivity contribution in [2.24, 2.45) is 5.92 Å². The molecule has 102 valence electrons. The standard InChI is InChI=1S/C15H19NO3/c17-14(9-12-7-4-8-12)16(11-15(18)19)10-13-5-2-1-3-6-13/h1-3,5-6,12H,4,7-11H2,(H,18,19). The van der Waals surface area contributed by atoms with Gasteiger partial charge in [0, 0.05) is 13.0 Å². The van der Waals surface area contributed by atoms with E-state index in [1.54, 1.807) is 0 Å². The van der Waals surface area contributed by atoms with Gasteiger partial charge in [-0.25, -0.2) is 0 Å². The highest BCUT2D eigenvalue weighted by Crippen LogP contribution is 2.30. The molecule has 1 aromatic rings.